The van der Waals surface area contributed by atoms with Gasteiger partial charge in [-0.2, -0.15) is 0 Å². The van der Waals surface area contributed by atoms with Crippen LogP contribution in [0.2, 0.25) is 0 Å². The summed E-state index contributed by atoms with van der Waals surface area (Å²) in [5, 5.41) is 57.2. The Balaban J connectivity index is 2.63. The summed E-state index contributed by atoms with van der Waals surface area (Å²) in [7, 11) is 0. The normalized spacial score (nSPS) is 19.0. The third-order valence-electron chi connectivity index (χ3n) is 16.1. The lowest BCUT2D eigenvalue weighted by Crippen LogP contribution is -2.61. The number of aliphatic hydroxyl groups is 5. The van der Waals surface area contributed by atoms with Gasteiger partial charge in [0.2, 0.25) is 5.91 Å². The van der Waals surface area contributed by atoms with E-state index in [1.54, 1.807) is 6.08 Å². The van der Waals surface area contributed by atoms with Crippen molar-refractivity contribution in [2.75, 3.05) is 13.2 Å². The van der Waals surface area contributed by atoms with E-state index >= 15 is 0 Å². The third-order valence-corrected chi connectivity index (χ3v) is 16.1. The molecule has 0 aromatic heterocycles. The lowest BCUT2D eigenvalue weighted by molar-refractivity contribution is -0.305. The van der Waals surface area contributed by atoms with Crippen molar-refractivity contribution >= 4 is 11.9 Å². The first kappa shape index (κ1) is 78.1. The number of hydrogen-bond donors (Lipinski definition) is 6. The highest BCUT2D eigenvalue weighted by molar-refractivity contribution is 5.80. The minimum Gasteiger partial charge on any atom is -0.454 e. The number of esters is 1. The third kappa shape index (κ3) is 46.9. The number of aliphatic hydroxyl groups excluding tert-OH is 5. The number of allylic oxidation sites excluding steroid dienone is 11. The molecule has 11 heteroatoms. The van der Waals surface area contributed by atoms with Gasteiger partial charge >= 0.3 is 5.97 Å². The van der Waals surface area contributed by atoms with Gasteiger partial charge in [-0.15, -0.1) is 0 Å². The second-order valence-corrected chi connectivity index (χ2v) is 23.9. The van der Waals surface area contributed by atoms with E-state index in [4.69, 9.17) is 14.2 Å². The van der Waals surface area contributed by atoms with Crippen molar-refractivity contribution in [1.29, 1.82) is 0 Å². The Bertz CT molecular complexity index is 1630. The molecule has 0 saturated carbocycles. The lowest BCUT2D eigenvalue weighted by atomic mass is 9.99. The van der Waals surface area contributed by atoms with Crippen LogP contribution in [0.25, 0.3) is 0 Å². The highest BCUT2D eigenvalue weighted by Crippen LogP contribution is 2.26. The molecule has 0 bridgehead atoms. The first-order chi connectivity index (χ1) is 40.7. The zero-order chi connectivity index (χ0) is 60.3. The summed E-state index contributed by atoms with van der Waals surface area (Å²) in [5.41, 5.74) is 0. The summed E-state index contributed by atoms with van der Waals surface area (Å²) >= 11 is 0. The number of ether oxygens (including phenoxy) is 3. The molecule has 1 aliphatic rings. The molecule has 0 aliphatic carbocycles. The molecule has 482 valence electrons. The monoisotopic (exact) mass is 1170 g/mol. The number of carbonyl (C=O) groups excluding carboxylic acids is 2. The Morgan fingerprint density at radius 1 is 0.482 bits per heavy atom. The maximum absolute atomic E-state index is 13.5. The first-order valence-electron chi connectivity index (χ1n) is 34.7. The fraction of sp³-hybridized carbons (Fsp3) is 0.806. The Morgan fingerprint density at radius 3 is 1.30 bits per heavy atom. The largest absolute Gasteiger partial charge is 0.454 e. The molecule has 83 heavy (non-hydrogen) atoms. The van der Waals surface area contributed by atoms with Gasteiger partial charge in [-0.25, -0.2) is 0 Å². The predicted molar refractivity (Wildman–Crippen MR) is 347 cm³/mol. The van der Waals surface area contributed by atoms with Gasteiger partial charge in [-0.1, -0.05) is 306 Å². The number of hydrogen-bond acceptors (Lipinski definition) is 10. The van der Waals surface area contributed by atoms with Crippen LogP contribution in [-0.2, 0) is 23.8 Å². The van der Waals surface area contributed by atoms with Crippen molar-refractivity contribution in [2.24, 2.45) is 0 Å². The van der Waals surface area contributed by atoms with E-state index in [-0.39, 0.29) is 13.0 Å². The van der Waals surface area contributed by atoms with Gasteiger partial charge in [0.15, 0.2) is 12.4 Å². The van der Waals surface area contributed by atoms with Crippen LogP contribution in [0.3, 0.4) is 0 Å². The van der Waals surface area contributed by atoms with Gasteiger partial charge in [0.25, 0.3) is 0 Å². The molecule has 0 aromatic rings. The van der Waals surface area contributed by atoms with Gasteiger partial charge in [0.1, 0.15) is 24.4 Å². The number of unbranched alkanes of at least 4 members (excludes halogenated alkanes) is 35. The first-order valence-corrected chi connectivity index (χ1v) is 34.7. The number of nitrogens with one attached hydrogen (secondary N) is 1. The van der Waals surface area contributed by atoms with Gasteiger partial charge in [0.05, 0.1) is 25.4 Å². The average Bonchev–Trinajstić information content (AvgIpc) is 3.58. The molecular weight excluding hydrogens is 1040 g/mol. The van der Waals surface area contributed by atoms with Crippen molar-refractivity contribution in [3.05, 3.63) is 72.9 Å². The van der Waals surface area contributed by atoms with E-state index in [2.05, 4.69) is 86.8 Å². The molecular formula is C72H129NO10. The van der Waals surface area contributed by atoms with Crippen LogP contribution < -0.4 is 5.32 Å². The van der Waals surface area contributed by atoms with E-state index in [9.17, 15) is 35.1 Å². The molecule has 1 fully saturated rings. The minimum atomic E-state index is -1.62. The maximum Gasteiger partial charge on any atom is 0.306 e. The summed E-state index contributed by atoms with van der Waals surface area (Å²) in [5.74, 6) is -1.21. The molecule has 1 aliphatic heterocycles. The highest BCUT2D eigenvalue weighted by atomic mass is 16.7. The smallest absolute Gasteiger partial charge is 0.306 e. The summed E-state index contributed by atoms with van der Waals surface area (Å²) in [4.78, 5) is 26.7. The SMILES string of the molecule is CC/C=C\C/C=C\C/C=C\C/C=C\C/C=C\CCCCCCCC(=O)OC1C(OCC(NC(=O)C(O)CCCCCCCCCCCCCCCCCCCCCC)C(O)/C=C/CCCCCCCCCCCCC)OC(CO)C(O)C1O. The quantitative estimate of drug-likeness (QED) is 0.0195. The molecule has 11 nitrogen and oxygen atoms in total. The van der Waals surface area contributed by atoms with Crippen molar-refractivity contribution in [2.45, 2.75) is 359 Å². The molecule has 0 radical (unpaired) electrons. The fourth-order valence-corrected chi connectivity index (χ4v) is 10.7. The average molecular weight is 1170 g/mol. The van der Waals surface area contributed by atoms with E-state index in [0.717, 1.165) is 103 Å². The van der Waals surface area contributed by atoms with Gasteiger partial charge in [-0.3, -0.25) is 9.59 Å². The van der Waals surface area contributed by atoms with Crippen LogP contribution in [0.5, 0.6) is 0 Å². The van der Waals surface area contributed by atoms with Gasteiger partial charge in [-0.05, 0) is 70.6 Å². The molecule has 6 N–H and O–H groups in total. The zero-order valence-electron chi connectivity index (χ0n) is 53.6. The van der Waals surface area contributed by atoms with Crippen molar-refractivity contribution in [3.8, 4) is 0 Å². The molecule has 1 rings (SSSR count). The van der Waals surface area contributed by atoms with Crippen molar-refractivity contribution < 1.29 is 49.3 Å². The standard InChI is InChI=1S/C72H129NO10/c1-4-7-10-13-16-19-22-25-27-29-31-33-35-37-39-42-45-48-51-54-57-60-67(77)83-70-69(79)68(78)66(61-74)82-72(70)81-62-63(64(75)58-55-52-49-46-43-40-24-21-18-15-12-9-6-3)73-71(80)65(76)59-56-53-50-47-44-41-38-36-34-32-30-28-26-23-20-17-14-11-8-5-2/h7,10,16,19,25,27,31,33,37,39,55,58,63-66,68-70,72,74-76,78-79H,4-6,8-9,11-15,17-18,20-24,26,28-30,32,34-36,38,40-54,56-57,59-62H2,1-3H3,(H,73,80)/b10-7-,19-16-,27-25-,33-31-,39-37-,58-55+. The molecule has 8 atom stereocenters. The Labute approximate surface area is 509 Å². The molecule has 1 saturated heterocycles. The van der Waals surface area contributed by atoms with Crippen LogP contribution >= 0.6 is 0 Å². The number of amides is 1. The van der Waals surface area contributed by atoms with Crippen LogP contribution in [0.15, 0.2) is 72.9 Å². The maximum atomic E-state index is 13.5. The van der Waals surface area contributed by atoms with E-state index in [0.29, 0.717) is 19.3 Å². The number of carbonyl (C=O) groups is 2. The fourth-order valence-electron chi connectivity index (χ4n) is 10.7. The lowest BCUT2D eigenvalue weighted by Gasteiger charge is -2.41. The van der Waals surface area contributed by atoms with E-state index < -0.39 is 67.4 Å². The van der Waals surface area contributed by atoms with Gasteiger partial charge < -0.3 is 45.1 Å². The predicted octanol–water partition coefficient (Wildman–Crippen LogP) is 17.5. The van der Waals surface area contributed by atoms with Crippen LogP contribution in [0.1, 0.15) is 310 Å². The summed E-state index contributed by atoms with van der Waals surface area (Å²) in [6, 6.07) is -1.03. The Hall–Kier alpha value is -2.90. The van der Waals surface area contributed by atoms with Crippen LogP contribution in [0, 0.1) is 0 Å². The highest BCUT2D eigenvalue weighted by Gasteiger charge is 2.47. The van der Waals surface area contributed by atoms with E-state index in [1.165, 1.54) is 161 Å². The second-order valence-electron chi connectivity index (χ2n) is 23.9. The zero-order valence-corrected chi connectivity index (χ0v) is 53.6. The van der Waals surface area contributed by atoms with Crippen molar-refractivity contribution in [1.82, 2.24) is 5.32 Å². The van der Waals surface area contributed by atoms with Crippen LogP contribution in [0.4, 0.5) is 0 Å². The van der Waals surface area contributed by atoms with Crippen molar-refractivity contribution in [3.63, 3.8) is 0 Å². The van der Waals surface area contributed by atoms with E-state index in [1.807, 2.05) is 6.08 Å². The van der Waals surface area contributed by atoms with Gasteiger partial charge in [0, 0.05) is 6.42 Å². The topological polar surface area (TPSA) is 175 Å². The Morgan fingerprint density at radius 2 is 0.867 bits per heavy atom. The summed E-state index contributed by atoms with van der Waals surface area (Å²) < 4.78 is 17.7. The molecule has 0 aromatic carbocycles. The summed E-state index contributed by atoms with van der Waals surface area (Å²) in [6.45, 7) is 5.71. The molecule has 1 amide bonds. The summed E-state index contributed by atoms with van der Waals surface area (Å²) in [6.07, 6.45) is 66.5. The number of rotatable bonds is 59. The van der Waals surface area contributed by atoms with Crippen LogP contribution in [-0.4, -0.2) is 99.6 Å². The molecule has 8 unspecified atom stereocenters. The molecule has 0 spiro atoms. The second kappa shape index (κ2) is 59.4. The Kier molecular flexibility index (Phi) is 55.9. The molecule has 1 heterocycles. The minimum absolute atomic E-state index is 0.100.